The SMILES string of the molecule is C=CCOc1ccc(C(=O)C2C(C(=O)c3cccc(OC)c3)N3C=Cc4ccccc4C3C23C(=O)Nc2ccccc23)cc1. The fraction of sp³-hybridized carbons (Fsp3) is 0.162. The summed E-state index contributed by atoms with van der Waals surface area (Å²) in [5.74, 6) is -0.814. The second kappa shape index (κ2) is 10.7. The van der Waals surface area contributed by atoms with Crippen LogP contribution in [0.1, 0.15) is 43.4 Å². The van der Waals surface area contributed by atoms with Crippen molar-refractivity contribution in [3.05, 3.63) is 144 Å². The smallest absolute Gasteiger partial charge is 0.238 e. The van der Waals surface area contributed by atoms with E-state index < -0.39 is 23.4 Å². The maximum atomic E-state index is 14.9. The van der Waals surface area contributed by atoms with Gasteiger partial charge < -0.3 is 19.7 Å². The molecule has 3 aliphatic rings. The number of nitrogens with one attached hydrogen (secondary N) is 1. The third kappa shape index (κ3) is 4.00. The molecule has 1 spiro atoms. The number of para-hydroxylation sites is 1. The number of hydrogen-bond acceptors (Lipinski definition) is 6. The zero-order valence-electron chi connectivity index (χ0n) is 24.1. The number of Topliss-reactive ketones (excluding diaryl/α,β-unsaturated/α-hetero) is 2. The molecule has 1 N–H and O–H groups in total. The first-order valence-electron chi connectivity index (χ1n) is 14.5. The maximum absolute atomic E-state index is 14.9. The van der Waals surface area contributed by atoms with E-state index in [0.717, 1.165) is 11.1 Å². The first-order chi connectivity index (χ1) is 21.5. The van der Waals surface area contributed by atoms with Gasteiger partial charge in [-0.3, -0.25) is 14.4 Å². The van der Waals surface area contributed by atoms with E-state index in [1.807, 2.05) is 65.7 Å². The summed E-state index contributed by atoms with van der Waals surface area (Å²) in [5.41, 5.74) is 2.56. The van der Waals surface area contributed by atoms with Crippen molar-refractivity contribution < 1.29 is 23.9 Å². The predicted octanol–water partition coefficient (Wildman–Crippen LogP) is 6.24. The number of ketones is 2. The van der Waals surface area contributed by atoms with Crippen LogP contribution in [0.5, 0.6) is 11.5 Å². The van der Waals surface area contributed by atoms with Crippen LogP contribution in [0.25, 0.3) is 6.08 Å². The van der Waals surface area contributed by atoms with Gasteiger partial charge in [0.25, 0.3) is 0 Å². The van der Waals surface area contributed by atoms with Crippen molar-refractivity contribution in [2.75, 3.05) is 19.0 Å². The number of amides is 1. The Morgan fingerprint density at radius 3 is 2.48 bits per heavy atom. The van der Waals surface area contributed by atoms with Gasteiger partial charge in [0.15, 0.2) is 11.6 Å². The molecule has 4 unspecified atom stereocenters. The number of carbonyl (C=O) groups excluding carboxylic acids is 3. The fourth-order valence-electron chi connectivity index (χ4n) is 7.16. The van der Waals surface area contributed by atoms with Crippen LogP contribution in [0, 0.1) is 5.92 Å². The molecule has 1 saturated heterocycles. The number of fused-ring (bicyclic) bond motifs is 6. The summed E-state index contributed by atoms with van der Waals surface area (Å²) in [7, 11) is 1.54. The van der Waals surface area contributed by atoms with Gasteiger partial charge in [-0.05, 0) is 65.2 Å². The Morgan fingerprint density at radius 2 is 1.68 bits per heavy atom. The topological polar surface area (TPSA) is 84.9 Å². The predicted molar refractivity (Wildman–Crippen MR) is 168 cm³/mol. The molecular formula is C37H30N2O5. The Morgan fingerprint density at radius 1 is 0.909 bits per heavy atom. The highest BCUT2D eigenvalue weighted by molar-refractivity contribution is 6.16. The summed E-state index contributed by atoms with van der Waals surface area (Å²) < 4.78 is 11.1. The second-order valence-electron chi connectivity index (χ2n) is 11.2. The van der Waals surface area contributed by atoms with Crippen molar-refractivity contribution in [1.82, 2.24) is 4.90 Å². The molecule has 7 heteroatoms. The molecule has 0 radical (unpaired) electrons. The Kier molecular flexibility index (Phi) is 6.66. The van der Waals surface area contributed by atoms with Crippen LogP contribution in [-0.2, 0) is 10.2 Å². The standard InChI is InChI=1S/C37H30N2O5/c1-3-21-44-26-17-15-24(16-18-26)33(40)31-32(34(41)25-10-8-11-27(22-25)43-2)39-20-19-23-9-4-5-12-28(23)35(39)37(31)29-13-6-7-14-30(29)38-36(37)42/h3-20,22,31-32,35H,1,21H2,2H3,(H,38,42). The third-order valence-electron chi connectivity index (χ3n) is 8.98. The first kappa shape index (κ1) is 27.4. The van der Waals surface area contributed by atoms with Crippen molar-refractivity contribution in [2.24, 2.45) is 5.92 Å². The molecule has 3 heterocycles. The van der Waals surface area contributed by atoms with Crippen molar-refractivity contribution in [3.63, 3.8) is 0 Å². The van der Waals surface area contributed by atoms with Crippen LogP contribution in [0.3, 0.4) is 0 Å². The number of ether oxygens (including phenoxy) is 2. The minimum Gasteiger partial charge on any atom is -0.497 e. The summed E-state index contributed by atoms with van der Waals surface area (Å²) >= 11 is 0. The van der Waals surface area contributed by atoms with Gasteiger partial charge in [0.05, 0.1) is 19.1 Å². The average molecular weight is 583 g/mol. The van der Waals surface area contributed by atoms with E-state index in [0.29, 0.717) is 40.5 Å². The summed E-state index contributed by atoms with van der Waals surface area (Å²) in [6.45, 7) is 4.01. The Labute approximate surface area is 255 Å². The molecule has 7 rings (SSSR count). The van der Waals surface area contributed by atoms with E-state index in [-0.39, 0.29) is 17.5 Å². The molecule has 4 aromatic carbocycles. The largest absolute Gasteiger partial charge is 0.497 e. The van der Waals surface area contributed by atoms with Gasteiger partial charge in [0.2, 0.25) is 5.91 Å². The van der Waals surface area contributed by atoms with E-state index in [9.17, 15) is 14.4 Å². The number of rotatable bonds is 8. The van der Waals surface area contributed by atoms with Crippen LogP contribution < -0.4 is 14.8 Å². The maximum Gasteiger partial charge on any atom is 0.238 e. The lowest BCUT2D eigenvalue weighted by atomic mass is 9.62. The average Bonchev–Trinajstić information content (AvgIpc) is 3.55. The number of carbonyl (C=O) groups is 3. The van der Waals surface area contributed by atoms with Gasteiger partial charge >= 0.3 is 0 Å². The van der Waals surface area contributed by atoms with Crippen LogP contribution in [0.4, 0.5) is 5.69 Å². The third-order valence-corrected chi connectivity index (χ3v) is 8.98. The Hall–Kier alpha value is -5.43. The molecule has 4 atom stereocenters. The van der Waals surface area contributed by atoms with E-state index >= 15 is 0 Å². The molecule has 1 amide bonds. The second-order valence-corrected chi connectivity index (χ2v) is 11.2. The zero-order valence-corrected chi connectivity index (χ0v) is 24.1. The molecule has 0 saturated carbocycles. The summed E-state index contributed by atoms with van der Waals surface area (Å²) in [5, 5.41) is 3.08. The highest BCUT2D eigenvalue weighted by atomic mass is 16.5. The molecule has 44 heavy (non-hydrogen) atoms. The highest BCUT2D eigenvalue weighted by Gasteiger charge is 2.70. The minimum atomic E-state index is -1.40. The quantitative estimate of drug-likeness (QED) is 0.196. The molecule has 1 fully saturated rings. The molecular weight excluding hydrogens is 552 g/mol. The first-order valence-corrected chi connectivity index (χ1v) is 14.5. The van der Waals surface area contributed by atoms with Gasteiger partial charge in [0, 0.05) is 23.0 Å². The molecule has 7 nitrogen and oxygen atoms in total. The zero-order chi connectivity index (χ0) is 30.4. The monoisotopic (exact) mass is 582 g/mol. The summed E-state index contributed by atoms with van der Waals surface area (Å²) in [6.07, 6.45) is 5.46. The lowest BCUT2D eigenvalue weighted by Crippen LogP contribution is -2.49. The number of hydrogen-bond donors (Lipinski definition) is 1. The number of methoxy groups -OCH3 is 1. The molecule has 4 aromatic rings. The lowest BCUT2D eigenvalue weighted by molar-refractivity contribution is -0.122. The summed E-state index contributed by atoms with van der Waals surface area (Å²) in [4.78, 5) is 46.2. The molecule has 0 aromatic heterocycles. The van der Waals surface area contributed by atoms with Crippen LogP contribution in [0.2, 0.25) is 0 Å². The lowest BCUT2D eigenvalue weighted by Gasteiger charge is -2.38. The Bertz CT molecular complexity index is 1840. The van der Waals surface area contributed by atoms with Crippen LogP contribution in [-0.4, -0.2) is 42.1 Å². The van der Waals surface area contributed by atoms with Gasteiger partial charge in [0.1, 0.15) is 29.6 Å². The number of anilines is 1. The summed E-state index contributed by atoms with van der Waals surface area (Å²) in [6, 6.07) is 27.5. The Balaban J connectivity index is 1.48. The highest BCUT2D eigenvalue weighted by Crippen LogP contribution is 2.62. The normalized spacial score (nSPS) is 22.5. The van der Waals surface area contributed by atoms with Crippen LogP contribution in [0.15, 0.2) is 116 Å². The molecule has 0 bridgehead atoms. The van der Waals surface area contributed by atoms with E-state index in [4.69, 9.17) is 9.47 Å². The molecule has 3 aliphatic heterocycles. The van der Waals surface area contributed by atoms with E-state index in [1.54, 1.807) is 61.7 Å². The van der Waals surface area contributed by atoms with Gasteiger partial charge in [-0.2, -0.15) is 0 Å². The number of nitrogens with zero attached hydrogens (tertiary/aromatic N) is 1. The number of benzene rings is 4. The van der Waals surface area contributed by atoms with Crippen molar-refractivity contribution in [3.8, 4) is 11.5 Å². The minimum absolute atomic E-state index is 0.267. The van der Waals surface area contributed by atoms with Crippen molar-refractivity contribution in [2.45, 2.75) is 17.5 Å². The van der Waals surface area contributed by atoms with Gasteiger partial charge in [-0.15, -0.1) is 0 Å². The van der Waals surface area contributed by atoms with Crippen molar-refractivity contribution in [1.29, 1.82) is 0 Å². The molecule has 218 valence electrons. The van der Waals surface area contributed by atoms with Crippen molar-refractivity contribution >= 4 is 29.2 Å². The van der Waals surface area contributed by atoms with Crippen LogP contribution >= 0.6 is 0 Å². The van der Waals surface area contributed by atoms with E-state index in [2.05, 4.69) is 11.9 Å². The van der Waals surface area contributed by atoms with Gasteiger partial charge in [-0.25, -0.2) is 0 Å². The van der Waals surface area contributed by atoms with Gasteiger partial charge in [-0.1, -0.05) is 67.3 Å². The fourth-order valence-corrected chi connectivity index (χ4v) is 7.16. The molecule has 0 aliphatic carbocycles. The van der Waals surface area contributed by atoms with E-state index in [1.165, 1.54) is 0 Å².